The summed E-state index contributed by atoms with van der Waals surface area (Å²) in [6, 6.07) is 0. The molecule has 0 aromatic carbocycles. The average molecular weight is 336 g/mol. The third-order valence-corrected chi connectivity index (χ3v) is 4.03. The lowest BCUT2D eigenvalue weighted by atomic mass is 10.2. The summed E-state index contributed by atoms with van der Waals surface area (Å²) in [4.78, 5) is 18.5. The summed E-state index contributed by atoms with van der Waals surface area (Å²) < 4.78 is 7.21. The van der Waals surface area contributed by atoms with Crippen LogP contribution in [0.3, 0.4) is 0 Å². The van der Waals surface area contributed by atoms with E-state index in [4.69, 9.17) is 4.74 Å². The molecular weight excluding hydrogens is 312 g/mol. The van der Waals surface area contributed by atoms with Gasteiger partial charge in [-0.15, -0.1) is 11.3 Å². The van der Waals surface area contributed by atoms with Crippen LogP contribution in [-0.4, -0.2) is 37.9 Å². The van der Waals surface area contributed by atoms with Crippen LogP contribution in [0.2, 0.25) is 0 Å². The predicted octanol–water partition coefficient (Wildman–Crippen LogP) is 3.61. The fourth-order valence-corrected chi connectivity index (χ4v) is 2.96. The lowest BCUT2D eigenvalue weighted by molar-refractivity contribution is 0.0244. The topological polar surface area (TPSA) is 60.2 Å². The van der Waals surface area contributed by atoms with E-state index in [1.165, 1.54) is 0 Å². The molecule has 2 heterocycles. The van der Waals surface area contributed by atoms with Crippen LogP contribution in [0.15, 0.2) is 11.6 Å². The van der Waals surface area contributed by atoms with Crippen LogP contribution in [0, 0.1) is 6.92 Å². The number of ether oxygens (including phenoxy) is 1. The molecular formula is C16H24N4O2S. The Balaban J connectivity index is 2.11. The molecule has 23 heavy (non-hydrogen) atoms. The number of carbonyl (C=O) groups is 1. The Morgan fingerprint density at radius 1 is 1.43 bits per heavy atom. The van der Waals surface area contributed by atoms with Crippen molar-refractivity contribution in [2.24, 2.45) is 7.05 Å². The second kappa shape index (κ2) is 6.70. The van der Waals surface area contributed by atoms with E-state index in [0.29, 0.717) is 13.1 Å². The Labute approximate surface area is 141 Å². The quantitative estimate of drug-likeness (QED) is 0.856. The van der Waals surface area contributed by atoms with Crippen molar-refractivity contribution in [1.29, 1.82) is 0 Å². The normalized spacial score (nSPS) is 11.6. The molecule has 126 valence electrons. The van der Waals surface area contributed by atoms with Gasteiger partial charge in [-0.3, -0.25) is 4.68 Å². The second-order valence-electron chi connectivity index (χ2n) is 6.42. The van der Waals surface area contributed by atoms with Crippen molar-refractivity contribution in [2.75, 3.05) is 6.54 Å². The summed E-state index contributed by atoms with van der Waals surface area (Å²) in [5.74, 6) is 0. The zero-order valence-electron chi connectivity index (χ0n) is 14.6. The Kier molecular flexibility index (Phi) is 5.09. The van der Waals surface area contributed by atoms with Crippen molar-refractivity contribution in [3.63, 3.8) is 0 Å². The van der Waals surface area contributed by atoms with Gasteiger partial charge in [0.25, 0.3) is 0 Å². The highest BCUT2D eigenvalue weighted by Gasteiger charge is 2.22. The van der Waals surface area contributed by atoms with Gasteiger partial charge in [0.15, 0.2) is 0 Å². The summed E-state index contributed by atoms with van der Waals surface area (Å²) in [5, 5.41) is 7.23. The van der Waals surface area contributed by atoms with Crippen molar-refractivity contribution in [1.82, 2.24) is 19.7 Å². The molecule has 0 aliphatic heterocycles. The van der Waals surface area contributed by atoms with Crippen LogP contribution in [0.5, 0.6) is 0 Å². The molecule has 0 N–H and O–H groups in total. The van der Waals surface area contributed by atoms with Crippen molar-refractivity contribution in [2.45, 2.75) is 46.8 Å². The lowest BCUT2D eigenvalue weighted by Gasteiger charge is -2.25. The molecule has 2 aromatic heterocycles. The number of thiazole rings is 1. The number of nitrogens with zero attached hydrogens (tertiary/aromatic N) is 4. The maximum atomic E-state index is 12.2. The first-order valence-electron chi connectivity index (χ1n) is 7.62. The summed E-state index contributed by atoms with van der Waals surface area (Å²) >= 11 is 1.54. The first kappa shape index (κ1) is 17.5. The largest absolute Gasteiger partial charge is 0.444 e. The average Bonchev–Trinajstić information content (AvgIpc) is 3.00. The molecule has 0 aliphatic rings. The van der Waals surface area contributed by atoms with Gasteiger partial charge in [-0.1, -0.05) is 0 Å². The fraction of sp³-hybridized carbons (Fsp3) is 0.562. The van der Waals surface area contributed by atoms with Crippen molar-refractivity contribution >= 4 is 17.4 Å². The van der Waals surface area contributed by atoms with Gasteiger partial charge in [-0.25, -0.2) is 9.78 Å². The molecule has 2 rings (SSSR count). The van der Waals surface area contributed by atoms with Crippen LogP contribution in [0.1, 0.15) is 38.4 Å². The Morgan fingerprint density at radius 2 is 2.13 bits per heavy atom. The second-order valence-corrected chi connectivity index (χ2v) is 7.37. The summed E-state index contributed by atoms with van der Waals surface area (Å²) in [5.41, 5.74) is 2.38. The highest BCUT2D eigenvalue weighted by molar-refractivity contribution is 7.09. The molecule has 2 aromatic rings. The molecule has 6 nitrogen and oxygen atoms in total. The predicted molar refractivity (Wildman–Crippen MR) is 91.4 cm³/mol. The van der Waals surface area contributed by atoms with E-state index >= 15 is 0 Å². The van der Waals surface area contributed by atoms with Crippen molar-refractivity contribution in [3.8, 4) is 11.3 Å². The number of aryl methyl sites for hydroxylation is 2. The van der Waals surface area contributed by atoms with E-state index < -0.39 is 5.60 Å². The van der Waals surface area contributed by atoms with Gasteiger partial charge >= 0.3 is 6.09 Å². The SMILES string of the molecule is CCN(Cc1nc(-c2cn(C)nc2C)cs1)C(=O)OC(C)(C)C. The third-order valence-electron chi connectivity index (χ3n) is 3.20. The number of aromatic nitrogens is 3. The lowest BCUT2D eigenvalue weighted by Crippen LogP contribution is -2.36. The number of rotatable bonds is 4. The molecule has 0 atom stereocenters. The molecule has 0 radical (unpaired) electrons. The fourth-order valence-electron chi connectivity index (χ4n) is 2.15. The Bertz CT molecular complexity index is 685. The molecule has 0 saturated carbocycles. The van der Waals surface area contributed by atoms with E-state index in [2.05, 4.69) is 10.1 Å². The number of carbonyl (C=O) groups excluding carboxylic acids is 1. The Hall–Kier alpha value is -1.89. The maximum absolute atomic E-state index is 12.2. The summed E-state index contributed by atoms with van der Waals surface area (Å²) in [6.45, 7) is 10.5. The Morgan fingerprint density at radius 3 is 2.65 bits per heavy atom. The van der Waals surface area contributed by atoms with E-state index in [0.717, 1.165) is 22.0 Å². The standard InChI is InChI=1S/C16H24N4O2S/c1-7-20(15(21)22-16(3,4)5)9-14-17-13(10-23-14)12-8-19(6)18-11(12)2/h8,10H,7,9H2,1-6H3. The third kappa shape index (κ3) is 4.54. The minimum Gasteiger partial charge on any atom is -0.444 e. The van der Waals surface area contributed by atoms with Crippen molar-refractivity contribution in [3.05, 3.63) is 22.3 Å². The molecule has 0 saturated heterocycles. The highest BCUT2D eigenvalue weighted by Crippen LogP contribution is 2.25. The van der Waals surface area contributed by atoms with Crippen molar-refractivity contribution < 1.29 is 9.53 Å². The van der Waals surface area contributed by atoms with Crippen LogP contribution in [-0.2, 0) is 18.3 Å². The molecule has 0 aliphatic carbocycles. The van der Waals surface area contributed by atoms with Crippen LogP contribution >= 0.6 is 11.3 Å². The van der Waals surface area contributed by atoms with Crippen LogP contribution in [0.4, 0.5) is 4.79 Å². The minimum atomic E-state index is -0.495. The zero-order valence-corrected chi connectivity index (χ0v) is 15.4. The molecule has 0 spiro atoms. The van der Waals surface area contributed by atoms with Crippen LogP contribution in [0.25, 0.3) is 11.3 Å². The summed E-state index contributed by atoms with van der Waals surface area (Å²) in [6.07, 6.45) is 1.65. The smallest absolute Gasteiger partial charge is 0.410 e. The van der Waals surface area contributed by atoms with E-state index in [-0.39, 0.29) is 6.09 Å². The van der Waals surface area contributed by atoms with E-state index in [1.54, 1.807) is 20.9 Å². The van der Waals surface area contributed by atoms with Gasteiger partial charge in [0, 0.05) is 30.7 Å². The first-order valence-corrected chi connectivity index (χ1v) is 8.50. The molecule has 1 amide bonds. The highest BCUT2D eigenvalue weighted by atomic mass is 32.1. The summed E-state index contributed by atoms with van der Waals surface area (Å²) in [7, 11) is 1.89. The molecule has 0 fully saturated rings. The monoisotopic (exact) mass is 336 g/mol. The maximum Gasteiger partial charge on any atom is 0.410 e. The number of hydrogen-bond donors (Lipinski definition) is 0. The number of amides is 1. The minimum absolute atomic E-state index is 0.311. The van der Waals surface area contributed by atoms with Gasteiger partial charge < -0.3 is 9.64 Å². The van der Waals surface area contributed by atoms with E-state index in [1.807, 2.05) is 53.2 Å². The molecule has 7 heteroatoms. The van der Waals surface area contributed by atoms with Gasteiger partial charge in [0.1, 0.15) is 10.6 Å². The van der Waals surface area contributed by atoms with Gasteiger partial charge in [0.2, 0.25) is 0 Å². The van der Waals surface area contributed by atoms with Gasteiger partial charge in [-0.05, 0) is 34.6 Å². The van der Waals surface area contributed by atoms with Crippen LogP contribution < -0.4 is 0 Å². The first-order chi connectivity index (χ1) is 10.7. The zero-order chi connectivity index (χ0) is 17.2. The number of hydrogen-bond acceptors (Lipinski definition) is 5. The van der Waals surface area contributed by atoms with E-state index in [9.17, 15) is 4.79 Å². The van der Waals surface area contributed by atoms with Gasteiger partial charge in [-0.2, -0.15) is 5.10 Å². The molecule has 0 bridgehead atoms. The van der Waals surface area contributed by atoms with Gasteiger partial charge in [0.05, 0.1) is 17.9 Å². The molecule has 0 unspecified atom stereocenters.